The van der Waals surface area contributed by atoms with E-state index in [0.29, 0.717) is 21.2 Å². The standard InChI is InChI=1S/C37H30O4/c1-3-40-36(38)33-23-34(37(39)41-4-2)30-20-18-26(17-19-29(30)33)35(31-21-15-24-11-7-5-9-13-27(24)31)32-22-16-25-12-8-6-10-14-28(25)32/h5-23,38H,3-4H2,1-2H3/p-1. The van der Waals surface area contributed by atoms with Crippen LogP contribution in [0.3, 0.4) is 0 Å². The first kappa shape index (κ1) is 26.1. The molecule has 6 rings (SSSR count). The predicted molar refractivity (Wildman–Crippen MR) is 160 cm³/mol. The average molecular weight is 538 g/mol. The maximum absolute atomic E-state index is 12.9. The van der Waals surface area contributed by atoms with Gasteiger partial charge in [-0.25, -0.2) is 4.79 Å². The van der Waals surface area contributed by atoms with Gasteiger partial charge in [0, 0.05) is 5.22 Å². The van der Waals surface area contributed by atoms with Crippen LogP contribution in [0.15, 0.2) is 115 Å². The number of ether oxygens (including phenoxy) is 2. The Hall–Kier alpha value is -5.09. The van der Waals surface area contributed by atoms with Gasteiger partial charge in [-0.2, -0.15) is 0 Å². The van der Waals surface area contributed by atoms with Crippen LogP contribution < -0.4 is 15.5 Å². The Balaban J connectivity index is 1.73. The highest BCUT2D eigenvalue weighted by Crippen LogP contribution is 2.39. The fraction of sp³-hybridized carbons (Fsp3) is 0.108. The predicted octanol–water partition coefficient (Wildman–Crippen LogP) is 5.51. The second-order valence-electron chi connectivity index (χ2n) is 9.79. The summed E-state index contributed by atoms with van der Waals surface area (Å²) < 4.78 is 10.7. The summed E-state index contributed by atoms with van der Waals surface area (Å²) in [6, 6.07) is 38.9. The first-order valence-electron chi connectivity index (χ1n) is 13.8. The lowest BCUT2D eigenvalue weighted by Crippen LogP contribution is -2.18. The molecule has 0 unspecified atom stereocenters. The number of hydrogen-bond donors (Lipinski definition) is 0. The van der Waals surface area contributed by atoms with Gasteiger partial charge in [0.25, 0.3) is 0 Å². The number of carbonyl (C=O) groups is 1. The van der Waals surface area contributed by atoms with Crippen LogP contribution in [0.25, 0.3) is 33.8 Å². The number of hydrogen-bond acceptors (Lipinski definition) is 4. The Labute approximate surface area is 238 Å². The first-order valence-corrected chi connectivity index (χ1v) is 13.8. The van der Waals surface area contributed by atoms with Crippen LogP contribution in [0.2, 0.25) is 0 Å². The van der Waals surface area contributed by atoms with Crippen LogP contribution in [-0.2, 0) is 9.47 Å². The Morgan fingerprint density at radius 2 is 1.17 bits per heavy atom. The summed E-state index contributed by atoms with van der Waals surface area (Å²) in [5.74, 6) is -0.928. The van der Waals surface area contributed by atoms with Crippen molar-refractivity contribution >= 4 is 17.5 Å². The van der Waals surface area contributed by atoms with Crippen molar-refractivity contribution in [2.24, 2.45) is 0 Å². The lowest BCUT2D eigenvalue weighted by molar-refractivity contribution is -0.291. The fourth-order valence-corrected chi connectivity index (χ4v) is 5.59. The van der Waals surface area contributed by atoms with E-state index >= 15 is 0 Å². The lowest BCUT2D eigenvalue weighted by Gasteiger charge is -2.11. The Morgan fingerprint density at radius 1 is 0.610 bits per heavy atom. The molecule has 0 bridgehead atoms. The molecule has 6 aliphatic carbocycles. The number of carbonyl (C=O) groups excluding carboxylic acids is 1. The Bertz CT molecular complexity index is 1930. The second-order valence-corrected chi connectivity index (χ2v) is 9.79. The molecule has 4 nitrogen and oxygen atoms in total. The molecule has 0 saturated carbocycles. The minimum absolute atomic E-state index is 0.241. The molecule has 0 aromatic carbocycles. The summed E-state index contributed by atoms with van der Waals surface area (Å²) >= 11 is 0. The summed E-state index contributed by atoms with van der Waals surface area (Å²) in [7, 11) is 0. The first-order chi connectivity index (χ1) is 20.1. The third kappa shape index (κ3) is 4.78. The molecule has 0 atom stereocenters. The summed E-state index contributed by atoms with van der Waals surface area (Å²) in [5, 5.41) is 15.5. The third-order valence-corrected chi connectivity index (χ3v) is 7.42. The van der Waals surface area contributed by atoms with E-state index in [2.05, 4.69) is 60.7 Å². The molecule has 0 saturated heterocycles. The molecule has 0 aliphatic heterocycles. The monoisotopic (exact) mass is 537 g/mol. The molecule has 0 heterocycles. The van der Waals surface area contributed by atoms with Crippen molar-refractivity contribution in [3.63, 3.8) is 0 Å². The van der Waals surface area contributed by atoms with Gasteiger partial charge in [-0.05, 0) is 74.2 Å². The third-order valence-electron chi connectivity index (χ3n) is 7.42. The summed E-state index contributed by atoms with van der Waals surface area (Å²) in [6.45, 7) is 4.02. The van der Waals surface area contributed by atoms with Crippen LogP contribution in [0.1, 0.15) is 35.3 Å². The average Bonchev–Trinajstić information content (AvgIpc) is 3.45. The van der Waals surface area contributed by atoms with Crippen molar-refractivity contribution in [1.29, 1.82) is 0 Å². The van der Waals surface area contributed by atoms with E-state index in [1.165, 1.54) is 0 Å². The van der Waals surface area contributed by atoms with Crippen LogP contribution in [-0.4, -0.2) is 19.2 Å². The van der Waals surface area contributed by atoms with Gasteiger partial charge >= 0.3 is 5.97 Å². The molecule has 41 heavy (non-hydrogen) atoms. The molecule has 0 aromatic rings. The topological polar surface area (TPSA) is 58.6 Å². The summed E-state index contributed by atoms with van der Waals surface area (Å²) in [4.78, 5) is 12.9. The fourth-order valence-electron chi connectivity index (χ4n) is 5.59. The molecule has 0 fully saturated rings. The molecular weight excluding hydrogens is 508 g/mol. The molecule has 0 amide bonds. The molecular formula is C37H29O4-. The van der Waals surface area contributed by atoms with Gasteiger partial charge < -0.3 is 14.6 Å². The van der Waals surface area contributed by atoms with Gasteiger partial charge in [-0.3, -0.25) is 0 Å². The van der Waals surface area contributed by atoms with Gasteiger partial charge in [-0.15, -0.1) is 0 Å². The van der Waals surface area contributed by atoms with Gasteiger partial charge in [0.1, 0.15) is 0 Å². The molecule has 0 N–H and O–H groups in total. The minimum Gasteiger partial charge on any atom is -0.613 e. The van der Waals surface area contributed by atoms with Gasteiger partial charge in [0.05, 0.1) is 18.1 Å². The molecule has 0 aromatic heterocycles. The quantitative estimate of drug-likeness (QED) is 0.263. The second kappa shape index (κ2) is 11.2. The number of rotatable bonds is 6. The van der Waals surface area contributed by atoms with E-state index in [1.807, 2.05) is 48.5 Å². The molecule has 0 radical (unpaired) electrons. The van der Waals surface area contributed by atoms with Crippen molar-refractivity contribution < 1.29 is 19.4 Å². The van der Waals surface area contributed by atoms with E-state index in [-0.39, 0.29) is 13.2 Å². The van der Waals surface area contributed by atoms with Gasteiger partial charge in [-0.1, -0.05) is 116 Å². The van der Waals surface area contributed by atoms with Crippen molar-refractivity contribution in [3.8, 4) is 22.3 Å². The van der Waals surface area contributed by atoms with Gasteiger partial charge in [0.2, 0.25) is 0 Å². The van der Waals surface area contributed by atoms with E-state index in [4.69, 9.17) is 9.47 Å². The van der Waals surface area contributed by atoms with E-state index < -0.39 is 11.9 Å². The van der Waals surface area contributed by atoms with Crippen molar-refractivity contribution in [3.05, 3.63) is 153 Å². The number of esters is 1. The largest absolute Gasteiger partial charge is 0.613 e. The maximum atomic E-state index is 12.9. The van der Waals surface area contributed by atoms with Crippen LogP contribution in [0.5, 0.6) is 0 Å². The van der Waals surface area contributed by atoms with E-state index in [1.54, 1.807) is 19.9 Å². The zero-order chi connectivity index (χ0) is 28.3. The Kier molecular flexibility index (Phi) is 7.13. The van der Waals surface area contributed by atoms with E-state index in [0.717, 1.165) is 44.2 Å². The van der Waals surface area contributed by atoms with Gasteiger partial charge in [0.15, 0.2) is 0 Å². The summed E-state index contributed by atoms with van der Waals surface area (Å²) in [6.07, 6.45) is 0. The molecule has 202 valence electrons. The summed E-state index contributed by atoms with van der Waals surface area (Å²) in [5.41, 5.74) is 8.23. The highest BCUT2D eigenvalue weighted by atomic mass is 16.6. The highest BCUT2D eigenvalue weighted by molar-refractivity contribution is 5.96. The normalized spacial score (nSPS) is 12.0. The van der Waals surface area contributed by atoms with Crippen molar-refractivity contribution in [2.75, 3.05) is 13.2 Å². The SMILES string of the molecule is CCOC(=O)c1cc(=C([O-])OCC)c2ccc(=C(c3ccc4cccccc3-4)c3ccc4cccccc3-4)ccc1=2. The molecule has 0 spiro atoms. The van der Waals surface area contributed by atoms with Crippen LogP contribution in [0.4, 0.5) is 0 Å². The van der Waals surface area contributed by atoms with Crippen LogP contribution in [0, 0.1) is 10.4 Å². The molecule has 6 aliphatic rings. The minimum atomic E-state index is -0.464. The van der Waals surface area contributed by atoms with Crippen molar-refractivity contribution in [1.82, 2.24) is 0 Å². The maximum Gasteiger partial charge on any atom is 0.338 e. The van der Waals surface area contributed by atoms with Crippen molar-refractivity contribution in [2.45, 2.75) is 13.8 Å². The smallest absolute Gasteiger partial charge is 0.338 e. The zero-order valence-corrected chi connectivity index (χ0v) is 23.0. The van der Waals surface area contributed by atoms with E-state index in [9.17, 15) is 9.90 Å². The Morgan fingerprint density at radius 3 is 1.76 bits per heavy atom. The number of fused-ring (bicyclic) bond motifs is 2. The zero-order valence-electron chi connectivity index (χ0n) is 23.0. The highest BCUT2D eigenvalue weighted by Gasteiger charge is 2.19. The van der Waals surface area contributed by atoms with Crippen LogP contribution >= 0.6 is 0 Å². The molecule has 4 heteroatoms. The lowest BCUT2D eigenvalue weighted by atomic mass is 9.93.